The first-order valence-electron chi connectivity index (χ1n) is 8.31. The van der Waals surface area contributed by atoms with Crippen molar-refractivity contribution < 1.29 is 18.7 Å². The van der Waals surface area contributed by atoms with Crippen molar-refractivity contribution in [3.63, 3.8) is 0 Å². The number of hydrogen-bond donors (Lipinski definition) is 4. The lowest BCUT2D eigenvalue weighted by atomic mass is 10.0. The molecule has 142 valence electrons. The van der Waals surface area contributed by atoms with E-state index < -0.39 is 23.8 Å². The first-order valence-corrected chi connectivity index (χ1v) is 8.31. The third-order valence-electron chi connectivity index (χ3n) is 4.65. The van der Waals surface area contributed by atoms with Gasteiger partial charge in [-0.05, 0) is 24.3 Å². The molecule has 3 rings (SSSR count). The Morgan fingerprint density at radius 2 is 2.07 bits per heavy atom. The number of aromatic amines is 1. The first kappa shape index (κ1) is 18.5. The molecule has 0 spiro atoms. The number of rotatable bonds is 4. The monoisotopic (exact) mass is 374 g/mol. The number of benzene rings is 1. The number of aromatic hydroxyl groups is 1. The number of likely N-dealkylation sites (tertiary alicyclic amines) is 1. The molecule has 2 heterocycles. The molecule has 27 heavy (non-hydrogen) atoms. The predicted octanol–water partition coefficient (Wildman–Crippen LogP) is 2.35. The van der Waals surface area contributed by atoms with Gasteiger partial charge in [0.25, 0.3) is 0 Å². The lowest BCUT2D eigenvalue weighted by molar-refractivity contribution is -0.125. The fraction of sp³-hybridized carbons (Fsp3) is 0.211. The SMILES string of the molecule is C=CC(=O)N1CC(F)C(c2[nH]c(N)c(/C=C(\N)c3ccccc3O)c2F)C1. The van der Waals surface area contributed by atoms with Crippen molar-refractivity contribution in [2.24, 2.45) is 5.73 Å². The Labute approximate surface area is 154 Å². The number of aromatic nitrogens is 1. The second kappa shape index (κ2) is 7.14. The number of nitrogens with zero attached hydrogens (tertiary/aromatic N) is 1. The van der Waals surface area contributed by atoms with E-state index in [9.17, 15) is 18.7 Å². The number of amides is 1. The van der Waals surface area contributed by atoms with Gasteiger partial charge in [-0.1, -0.05) is 18.7 Å². The van der Waals surface area contributed by atoms with Gasteiger partial charge >= 0.3 is 0 Å². The van der Waals surface area contributed by atoms with Crippen molar-refractivity contribution in [1.82, 2.24) is 9.88 Å². The number of para-hydroxylation sites is 1. The summed E-state index contributed by atoms with van der Waals surface area (Å²) in [6.07, 6.45) is 0.943. The number of phenolic OH excluding ortho intramolecular Hbond substituents is 1. The second-order valence-electron chi connectivity index (χ2n) is 6.37. The van der Waals surface area contributed by atoms with Gasteiger partial charge in [-0.2, -0.15) is 0 Å². The predicted molar refractivity (Wildman–Crippen MR) is 99.7 cm³/mol. The van der Waals surface area contributed by atoms with Gasteiger partial charge in [0.05, 0.1) is 23.7 Å². The minimum Gasteiger partial charge on any atom is -0.507 e. The summed E-state index contributed by atoms with van der Waals surface area (Å²) in [5.41, 5.74) is 12.2. The summed E-state index contributed by atoms with van der Waals surface area (Å²) in [4.78, 5) is 15.6. The van der Waals surface area contributed by atoms with Crippen LogP contribution in [0.3, 0.4) is 0 Å². The van der Waals surface area contributed by atoms with Crippen molar-refractivity contribution in [3.05, 3.63) is 59.6 Å². The van der Waals surface area contributed by atoms with Crippen LogP contribution in [0.1, 0.15) is 22.7 Å². The van der Waals surface area contributed by atoms with Crippen LogP contribution in [0.5, 0.6) is 5.75 Å². The quantitative estimate of drug-likeness (QED) is 0.616. The molecule has 8 heteroatoms. The number of alkyl halides is 1. The molecule has 2 atom stereocenters. The Morgan fingerprint density at radius 1 is 1.37 bits per heavy atom. The highest BCUT2D eigenvalue weighted by Gasteiger charge is 2.38. The summed E-state index contributed by atoms with van der Waals surface area (Å²) in [5.74, 6) is -2.08. The highest BCUT2D eigenvalue weighted by atomic mass is 19.1. The maximum atomic E-state index is 14.9. The standard InChI is InChI=1S/C19H20F2N4O2/c1-2-16(27)25-8-12(13(20)9-25)18-17(21)11(19(23)24-18)7-14(22)10-5-3-4-6-15(10)26/h2-7,12-13,24,26H,1,8-9,22-23H2/b14-7-. The summed E-state index contributed by atoms with van der Waals surface area (Å²) in [6, 6.07) is 6.34. The van der Waals surface area contributed by atoms with E-state index in [2.05, 4.69) is 11.6 Å². The number of H-pyrrole nitrogens is 1. The van der Waals surface area contributed by atoms with E-state index in [0.717, 1.165) is 6.08 Å². The van der Waals surface area contributed by atoms with E-state index in [1.54, 1.807) is 18.2 Å². The molecule has 0 aliphatic carbocycles. The van der Waals surface area contributed by atoms with Gasteiger partial charge in [0, 0.05) is 17.8 Å². The zero-order chi connectivity index (χ0) is 19.7. The van der Waals surface area contributed by atoms with Crippen molar-refractivity contribution in [1.29, 1.82) is 0 Å². The van der Waals surface area contributed by atoms with Gasteiger partial charge in [-0.3, -0.25) is 4.79 Å². The first-order chi connectivity index (χ1) is 12.8. The van der Waals surface area contributed by atoms with Crippen molar-refractivity contribution in [3.8, 4) is 5.75 Å². The zero-order valence-corrected chi connectivity index (χ0v) is 14.5. The Kier molecular flexibility index (Phi) is 4.89. The third kappa shape index (κ3) is 3.38. The number of halogens is 2. The van der Waals surface area contributed by atoms with Crippen LogP contribution in [0.15, 0.2) is 36.9 Å². The molecule has 0 bridgehead atoms. The lowest BCUT2D eigenvalue weighted by Gasteiger charge is -2.13. The van der Waals surface area contributed by atoms with Crippen molar-refractivity contribution in [2.75, 3.05) is 18.8 Å². The Balaban J connectivity index is 1.94. The van der Waals surface area contributed by atoms with Crippen LogP contribution in [0.4, 0.5) is 14.6 Å². The molecule has 1 fully saturated rings. The van der Waals surface area contributed by atoms with Crippen LogP contribution in [-0.4, -0.2) is 40.2 Å². The largest absolute Gasteiger partial charge is 0.507 e. The Hall–Kier alpha value is -3.29. The molecule has 1 amide bonds. The Morgan fingerprint density at radius 3 is 2.74 bits per heavy atom. The van der Waals surface area contributed by atoms with Crippen LogP contribution in [0, 0.1) is 5.82 Å². The highest BCUT2D eigenvalue weighted by Crippen LogP contribution is 2.35. The number of nitrogen functional groups attached to an aromatic ring is 1. The van der Waals surface area contributed by atoms with Crippen LogP contribution < -0.4 is 11.5 Å². The molecule has 1 aliphatic rings. The van der Waals surface area contributed by atoms with Crippen molar-refractivity contribution >= 4 is 23.5 Å². The average molecular weight is 374 g/mol. The van der Waals surface area contributed by atoms with Crippen molar-refractivity contribution in [2.45, 2.75) is 12.1 Å². The van der Waals surface area contributed by atoms with Gasteiger partial charge in [-0.25, -0.2) is 8.78 Å². The number of hydrogen-bond acceptors (Lipinski definition) is 4. The summed E-state index contributed by atoms with van der Waals surface area (Å²) in [5, 5.41) is 9.87. The van der Waals surface area contributed by atoms with Crippen LogP contribution in [-0.2, 0) is 4.79 Å². The minimum absolute atomic E-state index is 0.0124. The molecule has 1 aliphatic heterocycles. The molecule has 1 aromatic heterocycles. The lowest BCUT2D eigenvalue weighted by Crippen LogP contribution is -2.27. The number of nitrogens with two attached hydrogens (primary N) is 2. The van der Waals surface area contributed by atoms with E-state index in [1.807, 2.05) is 0 Å². The van der Waals surface area contributed by atoms with Gasteiger partial charge in [0.2, 0.25) is 5.91 Å². The maximum absolute atomic E-state index is 14.9. The van der Waals surface area contributed by atoms with Gasteiger partial charge in [0.1, 0.15) is 17.7 Å². The van der Waals surface area contributed by atoms with Crippen LogP contribution in [0.2, 0.25) is 0 Å². The van der Waals surface area contributed by atoms with E-state index in [-0.39, 0.29) is 41.6 Å². The van der Waals surface area contributed by atoms with E-state index in [0.29, 0.717) is 5.56 Å². The molecular weight excluding hydrogens is 354 g/mol. The molecule has 0 radical (unpaired) electrons. The number of anilines is 1. The number of carbonyl (C=O) groups is 1. The molecule has 0 saturated carbocycles. The normalized spacial score (nSPS) is 20.1. The van der Waals surface area contributed by atoms with Gasteiger partial charge in [-0.15, -0.1) is 0 Å². The van der Waals surface area contributed by atoms with Gasteiger partial charge < -0.3 is 26.5 Å². The minimum atomic E-state index is -1.44. The fourth-order valence-electron chi connectivity index (χ4n) is 3.22. The van der Waals surface area contributed by atoms with Gasteiger partial charge in [0.15, 0.2) is 5.82 Å². The summed E-state index contributed by atoms with van der Waals surface area (Å²) in [6.45, 7) is 3.25. The fourth-order valence-corrected chi connectivity index (χ4v) is 3.22. The molecule has 2 aromatic rings. The topological polar surface area (TPSA) is 108 Å². The number of nitrogens with one attached hydrogen (secondary N) is 1. The van der Waals surface area contributed by atoms with E-state index >= 15 is 0 Å². The number of carbonyl (C=O) groups excluding carboxylic acids is 1. The molecule has 1 aromatic carbocycles. The van der Waals surface area contributed by atoms with Crippen LogP contribution in [0.25, 0.3) is 11.8 Å². The summed E-state index contributed by atoms with van der Waals surface area (Å²) >= 11 is 0. The molecular formula is C19H20F2N4O2. The Bertz CT molecular complexity index is 922. The summed E-state index contributed by atoms with van der Waals surface area (Å²) < 4.78 is 29.3. The number of phenols is 1. The smallest absolute Gasteiger partial charge is 0.246 e. The molecule has 6 nitrogen and oxygen atoms in total. The van der Waals surface area contributed by atoms with E-state index in [4.69, 9.17) is 11.5 Å². The summed E-state index contributed by atoms with van der Waals surface area (Å²) in [7, 11) is 0. The van der Waals surface area contributed by atoms with E-state index in [1.165, 1.54) is 17.0 Å². The maximum Gasteiger partial charge on any atom is 0.246 e. The van der Waals surface area contributed by atoms with Crippen LogP contribution >= 0.6 is 0 Å². The molecule has 1 saturated heterocycles. The average Bonchev–Trinajstić information content (AvgIpc) is 3.16. The molecule has 6 N–H and O–H groups in total. The zero-order valence-electron chi connectivity index (χ0n) is 14.5. The third-order valence-corrected chi connectivity index (χ3v) is 4.65. The molecule has 2 unspecified atom stereocenters. The second-order valence-corrected chi connectivity index (χ2v) is 6.37. The highest BCUT2D eigenvalue weighted by molar-refractivity contribution is 5.87.